The molecule has 1 fully saturated rings. The Balaban J connectivity index is 2.24. The van der Waals surface area contributed by atoms with Crippen molar-refractivity contribution < 1.29 is 4.79 Å². The second kappa shape index (κ2) is 6.50. The van der Waals surface area contributed by atoms with E-state index in [0.29, 0.717) is 6.04 Å². The van der Waals surface area contributed by atoms with Crippen LogP contribution < -0.4 is 5.32 Å². The van der Waals surface area contributed by atoms with Gasteiger partial charge in [-0.1, -0.05) is 25.7 Å². The topological polar surface area (TPSA) is 29.1 Å². The average molecular weight is 207 g/mol. The van der Waals surface area contributed by atoms with Crippen molar-refractivity contribution in [3.8, 4) is 11.8 Å². The highest BCUT2D eigenvalue weighted by Crippen LogP contribution is 2.27. The Kier molecular flexibility index (Phi) is 5.25. The Hall–Kier alpha value is -0.970. The first-order valence-electron chi connectivity index (χ1n) is 5.99. The molecular weight excluding hydrogens is 186 g/mol. The molecule has 0 bridgehead atoms. The van der Waals surface area contributed by atoms with Gasteiger partial charge in [-0.25, -0.2) is 0 Å². The van der Waals surface area contributed by atoms with Crippen LogP contribution in [0.25, 0.3) is 0 Å². The molecule has 0 aromatic rings. The molecule has 0 aliphatic heterocycles. The van der Waals surface area contributed by atoms with Gasteiger partial charge in [-0.05, 0) is 44.4 Å². The third-order valence-corrected chi connectivity index (χ3v) is 3.12. The Morgan fingerprint density at radius 3 is 2.53 bits per heavy atom. The summed E-state index contributed by atoms with van der Waals surface area (Å²) in [6.45, 7) is 3.93. The van der Waals surface area contributed by atoms with Crippen molar-refractivity contribution in [1.29, 1.82) is 0 Å². The number of carbonyl (C=O) groups excluding carboxylic acids is 1. The van der Waals surface area contributed by atoms with Crippen LogP contribution in [0.15, 0.2) is 0 Å². The van der Waals surface area contributed by atoms with Crippen LogP contribution in [0, 0.1) is 17.8 Å². The van der Waals surface area contributed by atoms with E-state index >= 15 is 0 Å². The number of carbonyl (C=O) groups is 1. The van der Waals surface area contributed by atoms with Gasteiger partial charge < -0.3 is 5.32 Å². The van der Waals surface area contributed by atoms with Crippen molar-refractivity contribution in [2.24, 2.45) is 5.92 Å². The van der Waals surface area contributed by atoms with Crippen molar-refractivity contribution >= 4 is 5.91 Å². The van der Waals surface area contributed by atoms with Gasteiger partial charge >= 0.3 is 0 Å². The number of nitrogens with one attached hydrogen (secondary N) is 1. The first-order chi connectivity index (χ1) is 7.26. The van der Waals surface area contributed by atoms with E-state index in [1.165, 1.54) is 25.7 Å². The van der Waals surface area contributed by atoms with E-state index in [1.54, 1.807) is 6.92 Å². The zero-order chi connectivity index (χ0) is 11.1. The Morgan fingerprint density at radius 2 is 2.00 bits per heavy atom. The zero-order valence-electron chi connectivity index (χ0n) is 9.81. The molecule has 0 heterocycles. The van der Waals surface area contributed by atoms with Gasteiger partial charge in [0.2, 0.25) is 0 Å². The molecule has 0 aromatic heterocycles. The standard InChI is InChI=1S/C13H21NO/c1-3-5-11-7-9-12(10-8-11)14-13(15)6-4-2/h11-12H,3,5,7-10H2,1-2H3,(H,14,15). The monoisotopic (exact) mass is 207 g/mol. The highest BCUT2D eigenvalue weighted by atomic mass is 16.1. The quantitative estimate of drug-likeness (QED) is 0.708. The van der Waals surface area contributed by atoms with Crippen molar-refractivity contribution in [1.82, 2.24) is 5.32 Å². The predicted molar refractivity (Wildman–Crippen MR) is 62.2 cm³/mol. The maximum absolute atomic E-state index is 11.2. The minimum atomic E-state index is -0.114. The molecule has 1 amide bonds. The van der Waals surface area contributed by atoms with Crippen LogP contribution >= 0.6 is 0 Å². The molecule has 1 aliphatic rings. The van der Waals surface area contributed by atoms with E-state index < -0.39 is 0 Å². The molecule has 15 heavy (non-hydrogen) atoms. The molecule has 1 saturated carbocycles. The fourth-order valence-electron chi connectivity index (χ4n) is 2.34. The van der Waals surface area contributed by atoms with Gasteiger partial charge in [-0.2, -0.15) is 0 Å². The molecule has 84 valence electrons. The highest BCUT2D eigenvalue weighted by molar-refractivity contribution is 5.93. The van der Waals surface area contributed by atoms with Crippen molar-refractivity contribution in [3.05, 3.63) is 0 Å². The van der Waals surface area contributed by atoms with E-state index in [1.807, 2.05) is 0 Å². The van der Waals surface area contributed by atoms with E-state index in [4.69, 9.17) is 0 Å². The lowest BCUT2D eigenvalue weighted by Gasteiger charge is -2.28. The summed E-state index contributed by atoms with van der Waals surface area (Å²) in [5.74, 6) is 5.93. The Bertz CT molecular complexity index is 253. The predicted octanol–water partition coefficient (Wildman–Crippen LogP) is 2.48. The lowest BCUT2D eigenvalue weighted by atomic mass is 9.83. The summed E-state index contributed by atoms with van der Waals surface area (Å²) in [6.07, 6.45) is 7.40. The molecule has 0 saturated heterocycles. The summed E-state index contributed by atoms with van der Waals surface area (Å²) in [7, 11) is 0. The smallest absolute Gasteiger partial charge is 0.296 e. The number of rotatable bonds is 3. The average Bonchev–Trinajstić information content (AvgIpc) is 2.22. The summed E-state index contributed by atoms with van der Waals surface area (Å²) in [4.78, 5) is 11.2. The SMILES string of the molecule is CC#CC(=O)NC1CCC(CCC)CC1. The van der Waals surface area contributed by atoms with E-state index in [2.05, 4.69) is 24.1 Å². The maximum atomic E-state index is 11.2. The second-order valence-electron chi connectivity index (χ2n) is 4.35. The molecule has 0 aromatic carbocycles. The summed E-state index contributed by atoms with van der Waals surface area (Å²) in [5, 5.41) is 2.97. The fourth-order valence-corrected chi connectivity index (χ4v) is 2.34. The summed E-state index contributed by atoms with van der Waals surface area (Å²) in [6, 6.07) is 0.367. The largest absolute Gasteiger partial charge is 0.343 e. The third kappa shape index (κ3) is 4.38. The van der Waals surface area contributed by atoms with Gasteiger partial charge in [0.1, 0.15) is 0 Å². The molecule has 1 N–H and O–H groups in total. The first kappa shape index (κ1) is 12.1. The number of hydrogen-bond donors (Lipinski definition) is 1. The van der Waals surface area contributed by atoms with Crippen molar-refractivity contribution in [2.75, 3.05) is 0 Å². The third-order valence-electron chi connectivity index (χ3n) is 3.12. The minimum Gasteiger partial charge on any atom is -0.343 e. The summed E-state index contributed by atoms with van der Waals surface area (Å²) < 4.78 is 0. The van der Waals surface area contributed by atoms with Gasteiger partial charge in [0.05, 0.1) is 0 Å². The Morgan fingerprint density at radius 1 is 1.33 bits per heavy atom. The molecule has 1 aliphatic carbocycles. The Labute approximate surface area is 92.8 Å². The van der Waals surface area contributed by atoms with Crippen LogP contribution in [-0.4, -0.2) is 11.9 Å². The van der Waals surface area contributed by atoms with Crippen LogP contribution in [0.2, 0.25) is 0 Å². The van der Waals surface area contributed by atoms with Gasteiger partial charge in [-0.3, -0.25) is 4.79 Å². The van der Waals surface area contributed by atoms with Gasteiger partial charge in [-0.15, -0.1) is 0 Å². The normalized spacial score (nSPS) is 25.2. The molecule has 0 atom stereocenters. The lowest BCUT2D eigenvalue weighted by molar-refractivity contribution is -0.116. The molecule has 2 heteroatoms. The van der Waals surface area contributed by atoms with Crippen LogP contribution in [0.4, 0.5) is 0 Å². The molecule has 2 nitrogen and oxygen atoms in total. The highest BCUT2D eigenvalue weighted by Gasteiger charge is 2.21. The molecule has 0 spiro atoms. The summed E-state index contributed by atoms with van der Waals surface area (Å²) in [5.41, 5.74) is 0. The fraction of sp³-hybridized carbons (Fsp3) is 0.769. The first-order valence-corrected chi connectivity index (χ1v) is 5.99. The van der Waals surface area contributed by atoms with E-state index in [-0.39, 0.29) is 5.91 Å². The number of hydrogen-bond acceptors (Lipinski definition) is 1. The molecule has 0 radical (unpaired) electrons. The minimum absolute atomic E-state index is 0.114. The zero-order valence-corrected chi connectivity index (χ0v) is 9.81. The summed E-state index contributed by atoms with van der Waals surface area (Å²) >= 11 is 0. The lowest BCUT2D eigenvalue weighted by Crippen LogP contribution is -2.36. The van der Waals surface area contributed by atoms with Crippen LogP contribution in [0.3, 0.4) is 0 Å². The molecule has 1 rings (SSSR count). The van der Waals surface area contributed by atoms with Gasteiger partial charge in [0, 0.05) is 6.04 Å². The van der Waals surface area contributed by atoms with Crippen molar-refractivity contribution in [3.63, 3.8) is 0 Å². The van der Waals surface area contributed by atoms with Crippen LogP contribution in [0.1, 0.15) is 52.4 Å². The molecule has 0 unspecified atom stereocenters. The van der Waals surface area contributed by atoms with Gasteiger partial charge in [0.25, 0.3) is 5.91 Å². The molecular formula is C13H21NO. The van der Waals surface area contributed by atoms with E-state index in [0.717, 1.165) is 18.8 Å². The van der Waals surface area contributed by atoms with Crippen LogP contribution in [-0.2, 0) is 4.79 Å². The van der Waals surface area contributed by atoms with Crippen molar-refractivity contribution in [2.45, 2.75) is 58.4 Å². The second-order valence-corrected chi connectivity index (χ2v) is 4.35. The van der Waals surface area contributed by atoms with E-state index in [9.17, 15) is 4.79 Å². The van der Waals surface area contributed by atoms with Crippen LogP contribution in [0.5, 0.6) is 0 Å². The van der Waals surface area contributed by atoms with Gasteiger partial charge in [0.15, 0.2) is 0 Å². The maximum Gasteiger partial charge on any atom is 0.296 e. The number of amides is 1.